The first kappa shape index (κ1) is 7.53. The Morgan fingerprint density at radius 1 is 0.811 bits per heavy atom. The minimum absolute atomic E-state index is 0.551. The second-order valence-electron chi connectivity index (χ2n) is 7.67. The highest BCUT2D eigenvalue weighted by Gasteiger charge is 2.28. The third kappa shape index (κ3) is 4.03. The van der Waals surface area contributed by atoms with Gasteiger partial charge in [-0.15, -0.1) is 10.2 Å². The lowest BCUT2D eigenvalue weighted by atomic mass is 9.73. The Morgan fingerprint density at radius 2 is 1.65 bits per heavy atom. The number of hydrogen-bond donors (Lipinski definition) is 0. The van der Waals surface area contributed by atoms with Crippen molar-refractivity contribution in [3.63, 3.8) is 0 Å². The summed E-state index contributed by atoms with van der Waals surface area (Å²) in [4.78, 5) is 0. The van der Waals surface area contributed by atoms with Gasteiger partial charge < -0.3 is 4.42 Å². The Morgan fingerprint density at radius 3 is 2.51 bits per heavy atom. The second kappa shape index (κ2) is 9.74. The van der Waals surface area contributed by atoms with Crippen molar-refractivity contribution in [3.05, 3.63) is 77.8 Å². The van der Waals surface area contributed by atoms with Gasteiger partial charge in [0.2, 0.25) is 0 Å². The summed E-state index contributed by atoms with van der Waals surface area (Å²) in [5.74, 6) is -8.69. The van der Waals surface area contributed by atoms with Crippen molar-refractivity contribution in [2.45, 2.75) is 75.6 Å². The molecule has 5 aromatic rings. The Bertz CT molecular complexity index is 2920. The lowest BCUT2D eigenvalue weighted by Gasteiger charge is -2.32. The van der Waals surface area contributed by atoms with Crippen molar-refractivity contribution in [1.82, 2.24) is 15.4 Å². The lowest BCUT2D eigenvalue weighted by Crippen LogP contribution is -2.14. The molecule has 2 aliphatic rings. The van der Waals surface area contributed by atoms with Crippen molar-refractivity contribution in [1.29, 1.82) is 0 Å². The van der Waals surface area contributed by atoms with Gasteiger partial charge in [0.15, 0.2) is 0 Å². The molecular formula is C33H33N3O. The fraction of sp³-hybridized carbons (Fsp3) is 0.364. The molecule has 3 aromatic carbocycles. The van der Waals surface area contributed by atoms with Gasteiger partial charge >= 0.3 is 0 Å². The molecule has 0 amide bonds. The molecule has 186 valence electrons. The summed E-state index contributed by atoms with van der Waals surface area (Å²) < 4.78 is 265. The molecule has 2 aliphatic carbocycles. The van der Waals surface area contributed by atoms with Crippen molar-refractivity contribution in [2.24, 2.45) is 0 Å². The highest BCUT2D eigenvalue weighted by atomic mass is 16.3. The summed E-state index contributed by atoms with van der Waals surface area (Å²) in [5, 5.41) is 9.83. The van der Waals surface area contributed by atoms with Crippen LogP contribution in [-0.2, 0) is 0 Å². The van der Waals surface area contributed by atoms with Crippen LogP contribution in [0.15, 0.2) is 71.1 Å². The smallest absolute Gasteiger partial charge is 0.136 e. The number of hydrogen-bond acceptors (Lipinski definition) is 4. The predicted molar refractivity (Wildman–Crippen MR) is 150 cm³/mol. The molecule has 4 atom stereocenters. The van der Waals surface area contributed by atoms with Crippen LogP contribution in [-0.4, -0.2) is 15.4 Å². The van der Waals surface area contributed by atoms with Gasteiger partial charge in [-0.05, 0) is 89.0 Å². The summed E-state index contributed by atoms with van der Waals surface area (Å²) >= 11 is 0. The van der Waals surface area contributed by atoms with E-state index in [-0.39, 0.29) is 0 Å². The standard InChI is InChI=1S/C33H33N3O/c1-3-10-22(11-4-1)24-15-9-16-25(31(24)23-12-5-2-6-13-23)26-18-19-30-33(27-14-7-8-17-29(27)37-30)32(26)28-20-21-34-36-35-28/h7-9,14-23H,1-6,10-13H2/i1D2,2D2,3D2,4D2,5D2,6D2,7D,8D,9D,10D,11D2,12D,13D2,14D,15D,16D,17D,18D,19D,22D,23D. The Balaban J connectivity index is 1.91. The molecule has 2 fully saturated rings. The van der Waals surface area contributed by atoms with Crippen molar-refractivity contribution >= 4 is 21.9 Å². The molecule has 0 bridgehead atoms. The fourth-order valence-corrected chi connectivity index (χ4v) is 4.16. The van der Waals surface area contributed by atoms with Gasteiger partial charge in [0.1, 0.15) is 11.2 Å². The van der Waals surface area contributed by atoms with Crippen LogP contribution in [0.2, 0.25) is 0 Å². The monoisotopic (exact) mass is 516 g/mol. The zero-order chi connectivity index (χ0) is 50.4. The summed E-state index contributed by atoms with van der Waals surface area (Å²) in [6.45, 7) is 0. The first-order chi connectivity index (χ1) is 29.7. The van der Waals surface area contributed by atoms with Crippen LogP contribution in [0, 0.1) is 0 Å². The van der Waals surface area contributed by atoms with Gasteiger partial charge in [0.25, 0.3) is 0 Å². The number of para-hydroxylation sites is 1. The number of aromatic nitrogens is 3. The highest BCUT2D eigenvalue weighted by Crippen LogP contribution is 2.48. The molecule has 2 saturated carbocycles. The van der Waals surface area contributed by atoms with E-state index in [2.05, 4.69) is 15.4 Å². The van der Waals surface area contributed by atoms with Gasteiger partial charge in [-0.1, -0.05) is 74.5 Å². The number of benzene rings is 3. The predicted octanol–water partition coefficient (Wildman–Crippen LogP) is 9.20. The summed E-state index contributed by atoms with van der Waals surface area (Å²) in [6, 6.07) is -9.61. The number of nitrogens with zero attached hydrogens (tertiary/aromatic N) is 3. The van der Waals surface area contributed by atoms with Gasteiger partial charge in [-0.25, -0.2) is 0 Å². The van der Waals surface area contributed by atoms with E-state index in [0.29, 0.717) is 0 Å². The lowest BCUT2D eigenvalue weighted by molar-refractivity contribution is 0.419. The van der Waals surface area contributed by atoms with Gasteiger partial charge in [-0.2, -0.15) is 0 Å². The molecule has 0 N–H and O–H groups in total. The Labute approximate surface area is 258 Å². The van der Waals surface area contributed by atoms with Crippen LogP contribution in [0.3, 0.4) is 0 Å². The number of rotatable bonds is 4. The third-order valence-corrected chi connectivity index (χ3v) is 5.65. The number of furan rings is 1. The molecule has 2 aromatic heterocycles. The Kier molecular flexibility index (Phi) is 1.98. The van der Waals surface area contributed by atoms with E-state index in [1.165, 1.54) is 0 Å². The molecule has 4 nitrogen and oxygen atoms in total. The van der Waals surface area contributed by atoms with Crippen LogP contribution < -0.4 is 0 Å². The molecule has 4 heteroatoms. The van der Waals surface area contributed by atoms with Crippen molar-refractivity contribution in [2.75, 3.05) is 0 Å². The average molecular weight is 517 g/mol. The molecule has 2 heterocycles. The first-order valence-corrected chi connectivity index (χ1v) is 10.8. The van der Waals surface area contributed by atoms with Crippen LogP contribution >= 0.6 is 0 Å². The largest absolute Gasteiger partial charge is 0.456 e. The van der Waals surface area contributed by atoms with Crippen LogP contribution in [0.5, 0.6) is 0 Å². The molecule has 0 spiro atoms. The minimum Gasteiger partial charge on any atom is -0.456 e. The van der Waals surface area contributed by atoms with E-state index in [0.717, 1.165) is 12.3 Å². The van der Waals surface area contributed by atoms with E-state index in [9.17, 15) is 12.3 Å². The molecule has 0 aliphatic heterocycles. The molecule has 7 rings (SSSR count). The average Bonchev–Trinajstić information content (AvgIpc) is 3.64. The Hall–Kier alpha value is -3.53. The van der Waals surface area contributed by atoms with E-state index in [1.807, 2.05) is 0 Å². The highest BCUT2D eigenvalue weighted by molar-refractivity contribution is 6.15. The van der Waals surface area contributed by atoms with Crippen LogP contribution in [0.25, 0.3) is 44.3 Å². The van der Waals surface area contributed by atoms with Gasteiger partial charge in [0.05, 0.1) is 24.2 Å². The maximum Gasteiger partial charge on any atom is 0.136 e. The molecule has 0 saturated heterocycles. The summed E-state index contributed by atoms with van der Waals surface area (Å²) in [6.07, 6.45) is -39.7. The van der Waals surface area contributed by atoms with Crippen LogP contribution in [0.4, 0.5) is 0 Å². The quantitative estimate of drug-likeness (QED) is 0.239. The molecule has 0 radical (unpaired) electrons. The maximum atomic E-state index is 10.1. The molecule has 4 unspecified atom stereocenters. The van der Waals surface area contributed by atoms with Crippen molar-refractivity contribution < 1.29 is 44.2 Å². The van der Waals surface area contributed by atoms with E-state index >= 15 is 0 Å². The topological polar surface area (TPSA) is 51.8 Å². The zero-order valence-electron chi connectivity index (χ0n) is 47.6. The molecular weight excluding hydrogens is 454 g/mol. The minimum atomic E-state index is -4.45. The SMILES string of the molecule is [2H]c1c([2H])c(-c2c([2H])c([2H])c3oc4c([2H])c([2H])c([2H])c([2H])c4c3c2-c2ccnnn2)c(C2([2H])C([2H])C([2H])([2H])C([2H])([2H])C([2H])([2H])C2([2H])[2H])c(C2([2H])C([2H])C([2H])([2H])C([2H])([2H])C([2H])([2H])C2([2H])[2H])c1[2H]. The van der Waals surface area contributed by atoms with Gasteiger partial charge in [0, 0.05) is 43.8 Å². The second-order valence-corrected chi connectivity index (χ2v) is 7.67. The maximum absolute atomic E-state index is 10.1. The van der Waals surface area contributed by atoms with E-state index < -0.39 is 185 Å². The summed E-state index contributed by atoms with van der Waals surface area (Å²) in [7, 11) is 0. The fourth-order valence-electron chi connectivity index (χ4n) is 4.16. The van der Waals surface area contributed by atoms with E-state index in [1.54, 1.807) is 0 Å². The molecule has 37 heavy (non-hydrogen) atoms. The zero-order valence-corrected chi connectivity index (χ0v) is 18.6. The third-order valence-electron chi connectivity index (χ3n) is 5.65. The number of fused-ring (bicyclic) bond motifs is 3. The van der Waals surface area contributed by atoms with Crippen molar-refractivity contribution in [3.8, 4) is 22.4 Å². The summed E-state index contributed by atoms with van der Waals surface area (Å²) in [5.41, 5.74) is -9.02. The first-order valence-electron chi connectivity index (χ1n) is 25.5. The normalized spacial score (nSPS) is 50.6. The van der Waals surface area contributed by atoms with Crippen LogP contribution in [0.1, 0.15) is 126 Å². The van der Waals surface area contributed by atoms with Gasteiger partial charge in [-0.3, -0.25) is 0 Å². The van der Waals surface area contributed by atoms with E-state index in [4.69, 9.17) is 31.8 Å².